The topological polar surface area (TPSA) is 67.4 Å². The standard InChI is InChI=1S/C12H21N5O/c1-15-5-4-9(7-15)8-16(2)12(18)10-6-14-17(3)11(10)13/h6,9H,4-5,7-8,13H2,1-3H3. The highest BCUT2D eigenvalue weighted by Crippen LogP contribution is 2.17. The number of rotatable bonds is 3. The van der Waals surface area contributed by atoms with Crippen LogP contribution >= 0.6 is 0 Å². The smallest absolute Gasteiger partial charge is 0.258 e. The molecule has 6 nitrogen and oxygen atoms in total. The largest absolute Gasteiger partial charge is 0.383 e. The van der Waals surface area contributed by atoms with Crippen LogP contribution in [0.2, 0.25) is 0 Å². The Morgan fingerprint density at radius 1 is 1.61 bits per heavy atom. The van der Waals surface area contributed by atoms with Crippen LogP contribution in [0, 0.1) is 5.92 Å². The van der Waals surface area contributed by atoms with Crippen molar-refractivity contribution in [2.75, 3.05) is 39.5 Å². The van der Waals surface area contributed by atoms with Crippen molar-refractivity contribution in [3.8, 4) is 0 Å². The molecule has 0 aliphatic carbocycles. The number of likely N-dealkylation sites (tertiary alicyclic amines) is 1. The van der Waals surface area contributed by atoms with Crippen molar-refractivity contribution >= 4 is 11.7 Å². The van der Waals surface area contributed by atoms with Crippen molar-refractivity contribution < 1.29 is 4.79 Å². The number of nitrogens with two attached hydrogens (primary N) is 1. The lowest BCUT2D eigenvalue weighted by Crippen LogP contribution is -2.33. The van der Waals surface area contributed by atoms with E-state index in [0.717, 1.165) is 26.1 Å². The van der Waals surface area contributed by atoms with Crippen molar-refractivity contribution in [3.63, 3.8) is 0 Å². The summed E-state index contributed by atoms with van der Waals surface area (Å²) in [4.78, 5) is 16.3. The van der Waals surface area contributed by atoms with Crippen molar-refractivity contribution in [2.24, 2.45) is 13.0 Å². The molecule has 1 unspecified atom stereocenters. The molecule has 0 radical (unpaired) electrons. The van der Waals surface area contributed by atoms with Gasteiger partial charge in [0.25, 0.3) is 5.91 Å². The number of aromatic nitrogens is 2. The Hall–Kier alpha value is -1.56. The second-order valence-electron chi connectivity index (χ2n) is 5.17. The Balaban J connectivity index is 1.99. The minimum Gasteiger partial charge on any atom is -0.383 e. The van der Waals surface area contributed by atoms with Gasteiger partial charge in [-0.1, -0.05) is 0 Å². The van der Waals surface area contributed by atoms with E-state index in [1.165, 1.54) is 10.9 Å². The summed E-state index contributed by atoms with van der Waals surface area (Å²) in [5.41, 5.74) is 6.31. The molecule has 0 spiro atoms. The Morgan fingerprint density at radius 2 is 2.33 bits per heavy atom. The fraction of sp³-hybridized carbons (Fsp3) is 0.667. The first-order valence-electron chi connectivity index (χ1n) is 6.20. The molecular formula is C12H21N5O. The van der Waals surface area contributed by atoms with Gasteiger partial charge in [0.15, 0.2) is 0 Å². The first-order chi connectivity index (χ1) is 8.49. The van der Waals surface area contributed by atoms with Crippen LogP contribution in [0.4, 0.5) is 5.82 Å². The molecule has 1 fully saturated rings. The highest BCUT2D eigenvalue weighted by molar-refractivity contribution is 5.98. The zero-order valence-corrected chi connectivity index (χ0v) is 11.3. The summed E-state index contributed by atoms with van der Waals surface area (Å²) in [6.07, 6.45) is 2.69. The van der Waals surface area contributed by atoms with Gasteiger partial charge >= 0.3 is 0 Å². The van der Waals surface area contributed by atoms with Crippen molar-refractivity contribution in [3.05, 3.63) is 11.8 Å². The molecule has 1 aliphatic heterocycles. The third kappa shape index (κ3) is 2.48. The molecule has 100 valence electrons. The van der Waals surface area contributed by atoms with Crippen molar-refractivity contribution in [1.29, 1.82) is 0 Å². The van der Waals surface area contributed by atoms with Crippen LogP contribution in [0.25, 0.3) is 0 Å². The monoisotopic (exact) mass is 251 g/mol. The summed E-state index contributed by atoms with van der Waals surface area (Å²) in [6, 6.07) is 0. The Kier molecular flexibility index (Phi) is 3.56. The summed E-state index contributed by atoms with van der Waals surface area (Å²) in [6.45, 7) is 2.94. The second kappa shape index (κ2) is 4.97. The number of aryl methyl sites for hydroxylation is 1. The van der Waals surface area contributed by atoms with Gasteiger partial charge in [0, 0.05) is 27.2 Å². The lowest BCUT2D eigenvalue weighted by Gasteiger charge is -2.21. The van der Waals surface area contributed by atoms with Crippen LogP contribution < -0.4 is 5.73 Å². The van der Waals surface area contributed by atoms with Gasteiger partial charge in [-0.15, -0.1) is 0 Å². The number of carbonyl (C=O) groups is 1. The summed E-state index contributed by atoms with van der Waals surface area (Å²) in [5.74, 6) is 0.937. The van der Waals surface area contributed by atoms with Crippen molar-refractivity contribution in [1.82, 2.24) is 19.6 Å². The lowest BCUT2D eigenvalue weighted by atomic mass is 10.1. The molecule has 1 aromatic heterocycles. The van der Waals surface area contributed by atoms with E-state index in [9.17, 15) is 4.79 Å². The summed E-state index contributed by atoms with van der Waals surface area (Å²) in [5, 5.41) is 4.00. The Labute approximate surface area is 107 Å². The second-order valence-corrected chi connectivity index (χ2v) is 5.17. The van der Waals surface area contributed by atoms with Gasteiger partial charge in [-0.05, 0) is 25.9 Å². The summed E-state index contributed by atoms with van der Waals surface area (Å²) < 4.78 is 1.52. The number of amides is 1. The molecule has 0 bridgehead atoms. The SMILES string of the molecule is CN1CCC(CN(C)C(=O)c2cnn(C)c2N)C1. The first kappa shape index (κ1) is 12.9. The quantitative estimate of drug-likeness (QED) is 0.823. The molecular weight excluding hydrogens is 230 g/mol. The number of nitrogens with zero attached hydrogens (tertiary/aromatic N) is 4. The number of hydrogen-bond acceptors (Lipinski definition) is 4. The maximum absolute atomic E-state index is 12.2. The van der Waals surface area contributed by atoms with E-state index in [1.807, 2.05) is 7.05 Å². The van der Waals surface area contributed by atoms with E-state index in [2.05, 4.69) is 17.0 Å². The predicted molar refractivity (Wildman–Crippen MR) is 70.2 cm³/mol. The predicted octanol–water partition coefficient (Wildman–Crippen LogP) is 0.0260. The van der Waals surface area contributed by atoms with Gasteiger partial charge in [-0.25, -0.2) is 0 Å². The Bertz CT molecular complexity index is 442. The highest BCUT2D eigenvalue weighted by Gasteiger charge is 2.24. The number of hydrogen-bond donors (Lipinski definition) is 1. The van der Waals surface area contributed by atoms with E-state index in [-0.39, 0.29) is 5.91 Å². The average molecular weight is 251 g/mol. The first-order valence-corrected chi connectivity index (χ1v) is 6.20. The van der Waals surface area contributed by atoms with Gasteiger partial charge in [-0.3, -0.25) is 9.48 Å². The molecule has 2 rings (SSSR count). The molecule has 18 heavy (non-hydrogen) atoms. The minimum atomic E-state index is -0.0462. The number of anilines is 1. The van der Waals surface area contributed by atoms with E-state index in [1.54, 1.807) is 11.9 Å². The molecule has 1 saturated heterocycles. The molecule has 1 amide bonds. The zero-order valence-electron chi connectivity index (χ0n) is 11.3. The number of carbonyl (C=O) groups excluding carboxylic acids is 1. The maximum Gasteiger partial charge on any atom is 0.258 e. The van der Waals surface area contributed by atoms with E-state index < -0.39 is 0 Å². The van der Waals surface area contributed by atoms with Crippen LogP contribution in [0.1, 0.15) is 16.8 Å². The maximum atomic E-state index is 12.2. The molecule has 1 aliphatic rings. The van der Waals surface area contributed by atoms with E-state index in [0.29, 0.717) is 17.3 Å². The van der Waals surface area contributed by atoms with Crippen LogP contribution in [-0.4, -0.2) is 59.2 Å². The molecule has 2 N–H and O–H groups in total. The fourth-order valence-electron chi connectivity index (χ4n) is 2.46. The molecule has 6 heteroatoms. The minimum absolute atomic E-state index is 0.0462. The number of nitrogen functional groups attached to an aromatic ring is 1. The lowest BCUT2D eigenvalue weighted by molar-refractivity contribution is 0.0775. The van der Waals surface area contributed by atoms with Gasteiger partial charge in [0.2, 0.25) is 0 Å². The van der Waals surface area contributed by atoms with Gasteiger partial charge in [-0.2, -0.15) is 5.10 Å². The average Bonchev–Trinajstić information content (AvgIpc) is 2.87. The molecule has 1 atom stereocenters. The van der Waals surface area contributed by atoms with E-state index >= 15 is 0 Å². The van der Waals surface area contributed by atoms with Crippen LogP contribution in [0.3, 0.4) is 0 Å². The normalized spacial score (nSPS) is 20.3. The zero-order chi connectivity index (χ0) is 13.3. The van der Waals surface area contributed by atoms with Crippen LogP contribution in [0.5, 0.6) is 0 Å². The van der Waals surface area contributed by atoms with E-state index in [4.69, 9.17) is 5.73 Å². The molecule has 0 saturated carbocycles. The van der Waals surface area contributed by atoms with Crippen LogP contribution in [-0.2, 0) is 7.05 Å². The Morgan fingerprint density at radius 3 is 2.83 bits per heavy atom. The third-order valence-electron chi connectivity index (χ3n) is 3.58. The van der Waals surface area contributed by atoms with Gasteiger partial charge in [0.1, 0.15) is 11.4 Å². The van der Waals surface area contributed by atoms with Gasteiger partial charge in [0.05, 0.1) is 6.20 Å². The molecule has 2 heterocycles. The van der Waals surface area contributed by atoms with Crippen LogP contribution in [0.15, 0.2) is 6.20 Å². The molecule has 0 aromatic carbocycles. The van der Waals surface area contributed by atoms with Crippen molar-refractivity contribution in [2.45, 2.75) is 6.42 Å². The highest BCUT2D eigenvalue weighted by atomic mass is 16.2. The third-order valence-corrected chi connectivity index (χ3v) is 3.58. The molecule has 1 aromatic rings. The fourth-order valence-corrected chi connectivity index (χ4v) is 2.46. The summed E-state index contributed by atoms with van der Waals surface area (Å²) >= 11 is 0. The summed E-state index contributed by atoms with van der Waals surface area (Å²) in [7, 11) is 5.67. The van der Waals surface area contributed by atoms with Gasteiger partial charge < -0.3 is 15.5 Å².